The van der Waals surface area contributed by atoms with Crippen molar-refractivity contribution in [2.45, 2.75) is 25.4 Å². The highest BCUT2D eigenvalue weighted by atomic mass is 19.4. The lowest BCUT2D eigenvalue weighted by Gasteiger charge is -2.28. The molecule has 0 aliphatic rings. The van der Waals surface area contributed by atoms with Crippen LogP contribution in [-0.2, 0) is 5.41 Å². The van der Waals surface area contributed by atoms with Crippen molar-refractivity contribution in [3.63, 3.8) is 0 Å². The van der Waals surface area contributed by atoms with Crippen molar-refractivity contribution >= 4 is 5.70 Å². The molecule has 0 radical (unpaired) electrons. The minimum absolute atomic E-state index is 0.111. The Morgan fingerprint density at radius 3 is 2.12 bits per heavy atom. The van der Waals surface area contributed by atoms with Crippen LogP contribution in [0.3, 0.4) is 0 Å². The maximum absolute atomic E-state index is 13.6. The van der Waals surface area contributed by atoms with Crippen molar-refractivity contribution in [1.82, 2.24) is 0 Å². The fourth-order valence-electron chi connectivity index (χ4n) is 1.37. The Kier molecular flexibility index (Phi) is 3.23. The highest BCUT2D eigenvalue weighted by Gasteiger charge is 2.49. The van der Waals surface area contributed by atoms with Crippen LogP contribution in [0, 0.1) is 5.82 Å². The van der Waals surface area contributed by atoms with Crippen LogP contribution in [0.1, 0.15) is 25.0 Å². The molecule has 0 heterocycles. The predicted octanol–water partition coefficient (Wildman–Crippen LogP) is 3.60. The van der Waals surface area contributed by atoms with Gasteiger partial charge in [0.25, 0.3) is 0 Å². The first-order valence-electron chi connectivity index (χ1n) is 4.89. The van der Waals surface area contributed by atoms with Gasteiger partial charge in [-0.05, 0) is 25.5 Å². The van der Waals surface area contributed by atoms with Crippen LogP contribution in [-0.4, -0.2) is 6.18 Å². The first-order valence-corrected chi connectivity index (χ1v) is 4.89. The normalized spacial score (nSPS) is 12.6. The number of benzene rings is 1. The van der Waals surface area contributed by atoms with Gasteiger partial charge in [-0.2, -0.15) is 13.2 Å². The summed E-state index contributed by atoms with van der Waals surface area (Å²) < 4.78 is 51.9. The van der Waals surface area contributed by atoms with Crippen LogP contribution in [0.15, 0.2) is 24.8 Å². The summed E-state index contributed by atoms with van der Waals surface area (Å²) in [6, 6.07) is 3.38. The molecule has 0 bridgehead atoms. The van der Waals surface area contributed by atoms with Crippen molar-refractivity contribution < 1.29 is 17.6 Å². The summed E-state index contributed by atoms with van der Waals surface area (Å²) in [7, 11) is 0. The molecule has 0 atom stereocenters. The molecular weight excluding hydrogens is 234 g/mol. The van der Waals surface area contributed by atoms with Gasteiger partial charge in [-0.1, -0.05) is 18.7 Å². The van der Waals surface area contributed by atoms with E-state index in [1.807, 2.05) is 0 Å². The van der Waals surface area contributed by atoms with E-state index in [4.69, 9.17) is 5.73 Å². The lowest BCUT2D eigenvalue weighted by molar-refractivity contribution is -0.180. The zero-order valence-corrected chi connectivity index (χ0v) is 9.53. The topological polar surface area (TPSA) is 26.0 Å². The van der Waals surface area contributed by atoms with E-state index in [0.29, 0.717) is 0 Å². The van der Waals surface area contributed by atoms with E-state index in [1.54, 1.807) is 0 Å². The molecule has 0 fully saturated rings. The monoisotopic (exact) mass is 247 g/mol. The second kappa shape index (κ2) is 4.05. The number of hydrogen-bond donors (Lipinski definition) is 1. The quantitative estimate of drug-likeness (QED) is 0.794. The predicted molar refractivity (Wildman–Crippen MR) is 58.7 cm³/mol. The molecule has 0 amide bonds. The molecule has 17 heavy (non-hydrogen) atoms. The number of rotatable bonds is 2. The van der Waals surface area contributed by atoms with Crippen molar-refractivity contribution in [3.05, 3.63) is 41.7 Å². The van der Waals surface area contributed by atoms with E-state index in [9.17, 15) is 17.6 Å². The Morgan fingerprint density at radius 1 is 1.24 bits per heavy atom. The van der Waals surface area contributed by atoms with E-state index >= 15 is 0 Å². The van der Waals surface area contributed by atoms with Crippen LogP contribution in [0.2, 0.25) is 0 Å². The highest BCUT2D eigenvalue weighted by molar-refractivity contribution is 5.60. The number of hydrogen-bond acceptors (Lipinski definition) is 1. The summed E-state index contributed by atoms with van der Waals surface area (Å²) in [5.74, 6) is -0.934. The summed E-state index contributed by atoms with van der Waals surface area (Å²) in [5.41, 5.74) is 3.09. The SMILES string of the molecule is C=C(N)c1ccc(C(C)(C)C(F)(F)F)c(F)c1. The van der Waals surface area contributed by atoms with Crippen LogP contribution < -0.4 is 5.73 Å². The average molecular weight is 247 g/mol. The van der Waals surface area contributed by atoms with Gasteiger partial charge in [-0.15, -0.1) is 0 Å². The van der Waals surface area contributed by atoms with Gasteiger partial charge in [0.2, 0.25) is 0 Å². The second-order valence-corrected chi connectivity index (χ2v) is 4.34. The van der Waals surface area contributed by atoms with Crippen molar-refractivity contribution in [2.75, 3.05) is 0 Å². The third kappa shape index (κ3) is 2.43. The Hall–Kier alpha value is -1.52. The largest absolute Gasteiger partial charge is 0.399 e. The zero-order valence-electron chi connectivity index (χ0n) is 9.53. The molecule has 0 unspecified atom stereocenters. The molecule has 1 aromatic rings. The van der Waals surface area contributed by atoms with Gasteiger partial charge in [-0.25, -0.2) is 4.39 Å². The molecule has 0 saturated carbocycles. The fourth-order valence-corrected chi connectivity index (χ4v) is 1.37. The van der Waals surface area contributed by atoms with E-state index in [-0.39, 0.29) is 11.3 Å². The Morgan fingerprint density at radius 2 is 1.76 bits per heavy atom. The second-order valence-electron chi connectivity index (χ2n) is 4.34. The lowest BCUT2D eigenvalue weighted by atomic mass is 9.83. The van der Waals surface area contributed by atoms with Gasteiger partial charge >= 0.3 is 6.18 Å². The molecule has 0 aliphatic heterocycles. The van der Waals surface area contributed by atoms with Gasteiger partial charge in [-0.3, -0.25) is 0 Å². The molecule has 2 N–H and O–H groups in total. The molecule has 1 aromatic carbocycles. The third-order valence-corrected chi connectivity index (χ3v) is 2.72. The molecular formula is C12H13F4N. The number of alkyl halides is 3. The average Bonchev–Trinajstić information content (AvgIpc) is 2.15. The van der Waals surface area contributed by atoms with E-state index in [0.717, 1.165) is 26.0 Å². The molecule has 0 saturated heterocycles. The summed E-state index contributed by atoms with van der Waals surface area (Å²) in [6.45, 7) is 5.26. The van der Waals surface area contributed by atoms with Gasteiger partial charge in [0.1, 0.15) is 5.82 Å². The Balaban J connectivity index is 3.30. The van der Waals surface area contributed by atoms with Crippen molar-refractivity contribution in [3.8, 4) is 0 Å². The van der Waals surface area contributed by atoms with E-state index < -0.39 is 23.0 Å². The van der Waals surface area contributed by atoms with Crippen molar-refractivity contribution in [1.29, 1.82) is 0 Å². The molecule has 0 spiro atoms. The summed E-state index contributed by atoms with van der Waals surface area (Å²) in [4.78, 5) is 0. The molecule has 0 aliphatic carbocycles. The molecule has 1 nitrogen and oxygen atoms in total. The lowest BCUT2D eigenvalue weighted by Crippen LogP contribution is -2.37. The van der Waals surface area contributed by atoms with Gasteiger partial charge in [0, 0.05) is 11.3 Å². The minimum atomic E-state index is -4.52. The third-order valence-electron chi connectivity index (χ3n) is 2.72. The van der Waals surface area contributed by atoms with E-state index in [1.165, 1.54) is 6.07 Å². The molecule has 1 rings (SSSR count). The maximum atomic E-state index is 13.6. The summed E-state index contributed by atoms with van der Waals surface area (Å²) >= 11 is 0. The Labute approximate surface area is 96.9 Å². The summed E-state index contributed by atoms with van der Waals surface area (Å²) in [6.07, 6.45) is -4.52. The zero-order chi connectivity index (χ0) is 13.4. The fraction of sp³-hybridized carbons (Fsp3) is 0.333. The highest BCUT2D eigenvalue weighted by Crippen LogP contribution is 2.41. The standard InChI is InChI=1S/C12H13F4N/c1-7(17)8-4-5-9(10(13)6-8)11(2,3)12(14,15)16/h4-6H,1,17H2,2-3H3. The maximum Gasteiger partial charge on any atom is 0.398 e. The van der Waals surface area contributed by atoms with Crippen molar-refractivity contribution in [2.24, 2.45) is 5.73 Å². The molecule has 94 valence electrons. The summed E-state index contributed by atoms with van der Waals surface area (Å²) in [5, 5.41) is 0. The first-order chi connectivity index (χ1) is 7.57. The Bertz CT molecular complexity index is 446. The minimum Gasteiger partial charge on any atom is -0.399 e. The van der Waals surface area contributed by atoms with Crippen LogP contribution in [0.5, 0.6) is 0 Å². The number of halogens is 4. The van der Waals surface area contributed by atoms with E-state index in [2.05, 4.69) is 6.58 Å². The van der Waals surface area contributed by atoms with Gasteiger partial charge in [0.15, 0.2) is 0 Å². The molecule has 5 heteroatoms. The van der Waals surface area contributed by atoms with Crippen LogP contribution in [0.25, 0.3) is 5.70 Å². The first kappa shape index (κ1) is 13.5. The van der Waals surface area contributed by atoms with Gasteiger partial charge < -0.3 is 5.73 Å². The number of nitrogens with two attached hydrogens (primary N) is 1. The van der Waals surface area contributed by atoms with Crippen LogP contribution >= 0.6 is 0 Å². The van der Waals surface area contributed by atoms with Gasteiger partial charge in [0.05, 0.1) is 5.41 Å². The smallest absolute Gasteiger partial charge is 0.398 e. The van der Waals surface area contributed by atoms with Crippen LogP contribution in [0.4, 0.5) is 17.6 Å². The molecule has 0 aromatic heterocycles.